The Balaban J connectivity index is 1.74. The van der Waals surface area contributed by atoms with Crippen molar-refractivity contribution in [3.8, 4) is 0 Å². The van der Waals surface area contributed by atoms with Crippen LogP contribution >= 0.6 is 11.3 Å². The van der Waals surface area contributed by atoms with Crippen LogP contribution in [-0.4, -0.2) is 31.1 Å². The molecule has 0 aliphatic carbocycles. The fraction of sp³-hybridized carbons (Fsp3) is 0.0769. The monoisotopic (exact) mass is 301 g/mol. The van der Waals surface area contributed by atoms with Gasteiger partial charge in [0, 0.05) is 6.08 Å². The summed E-state index contributed by atoms with van der Waals surface area (Å²) in [5.41, 5.74) is 3.00. The fourth-order valence-corrected chi connectivity index (χ4v) is 2.75. The molecule has 21 heavy (non-hydrogen) atoms. The molecule has 7 nitrogen and oxygen atoms in total. The van der Waals surface area contributed by atoms with Crippen LogP contribution in [-0.2, 0) is 11.3 Å². The van der Waals surface area contributed by atoms with Crippen molar-refractivity contribution >= 4 is 33.5 Å². The first-order chi connectivity index (χ1) is 10.2. The third-order valence-electron chi connectivity index (χ3n) is 2.71. The van der Waals surface area contributed by atoms with Gasteiger partial charge >= 0.3 is 0 Å². The van der Waals surface area contributed by atoms with Gasteiger partial charge in [-0.3, -0.25) is 10.0 Å². The Bertz CT molecular complexity index is 775. The quantitative estimate of drug-likeness (QED) is 0.432. The number of nitrogens with zero attached hydrogens (tertiary/aromatic N) is 4. The number of para-hydroxylation sites is 1. The molecule has 0 atom stereocenters. The van der Waals surface area contributed by atoms with Gasteiger partial charge in [-0.15, -0.1) is 16.4 Å². The summed E-state index contributed by atoms with van der Waals surface area (Å²) in [6, 6.07) is 7.93. The van der Waals surface area contributed by atoms with E-state index in [0.29, 0.717) is 12.2 Å². The summed E-state index contributed by atoms with van der Waals surface area (Å²) < 4.78 is 2.78. The van der Waals surface area contributed by atoms with Crippen LogP contribution in [0.4, 0.5) is 0 Å². The van der Waals surface area contributed by atoms with Crippen molar-refractivity contribution in [1.29, 1.82) is 0 Å². The Labute approximate surface area is 123 Å². The first-order valence-electron chi connectivity index (χ1n) is 6.11. The first kappa shape index (κ1) is 13.4. The van der Waals surface area contributed by atoms with E-state index in [2.05, 4.69) is 15.3 Å². The van der Waals surface area contributed by atoms with Gasteiger partial charge in [-0.2, -0.15) is 0 Å². The predicted molar refractivity (Wildman–Crippen MR) is 77.7 cm³/mol. The molecule has 0 aliphatic heterocycles. The SMILES string of the molecule is O=C(C=Cc1cn(Cc2nc3ccccc3s2)nn1)NO. The second-order valence-electron chi connectivity index (χ2n) is 4.23. The highest BCUT2D eigenvalue weighted by Crippen LogP contribution is 2.21. The predicted octanol–water partition coefficient (Wildman–Crippen LogP) is 1.45. The maximum absolute atomic E-state index is 10.9. The van der Waals surface area contributed by atoms with E-state index in [0.717, 1.165) is 15.2 Å². The van der Waals surface area contributed by atoms with Crippen molar-refractivity contribution in [2.75, 3.05) is 0 Å². The molecule has 0 saturated heterocycles. The molecule has 1 amide bonds. The molecule has 2 heterocycles. The highest BCUT2D eigenvalue weighted by molar-refractivity contribution is 7.18. The number of aromatic nitrogens is 4. The highest BCUT2D eigenvalue weighted by Gasteiger charge is 2.05. The maximum atomic E-state index is 10.9. The van der Waals surface area contributed by atoms with Gasteiger partial charge < -0.3 is 0 Å². The summed E-state index contributed by atoms with van der Waals surface area (Å²) in [5.74, 6) is -0.615. The number of hydrogen-bond donors (Lipinski definition) is 2. The summed E-state index contributed by atoms with van der Waals surface area (Å²) >= 11 is 1.61. The molecule has 8 heteroatoms. The number of benzene rings is 1. The molecule has 106 valence electrons. The molecule has 2 aromatic heterocycles. The van der Waals surface area contributed by atoms with Gasteiger partial charge in [0.05, 0.1) is 23.0 Å². The first-order valence-corrected chi connectivity index (χ1v) is 6.93. The Morgan fingerprint density at radius 1 is 1.43 bits per heavy atom. The third-order valence-corrected chi connectivity index (χ3v) is 3.73. The van der Waals surface area contributed by atoms with Crippen molar-refractivity contribution in [3.63, 3.8) is 0 Å². The van der Waals surface area contributed by atoms with E-state index >= 15 is 0 Å². The number of fused-ring (bicyclic) bond motifs is 1. The minimum absolute atomic E-state index is 0.520. The number of amides is 1. The number of hydroxylamine groups is 1. The minimum Gasteiger partial charge on any atom is -0.288 e. The smallest absolute Gasteiger partial charge is 0.267 e. The normalized spacial score (nSPS) is 11.3. The second-order valence-corrected chi connectivity index (χ2v) is 5.34. The van der Waals surface area contributed by atoms with E-state index < -0.39 is 5.91 Å². The number of hydrogen-bond acceptors (Lipinski definition) is 6. The van der Waals surface area contributed by atoms with E-state index in [-0.39, 0.29) is 0 Å². The topological polar surface area (TPSA) is 92.9 Å². The van der Waals surface area contributed by atoms with E-state index in [1.807, 2.05) is 24.3 Å². The van der Waals surface area contributed by atoms with Crippen LogP contribution in [0.15, 0.2) is 36.5 Å². The molecule has 2 N–H and O–H groups in total. The fourth-order valence-electron chi connectivity index (χ4n) is 1.79. The molecule has 0 bridgehead atoms. The van der Waals surface area contributed by atoms with Gasteiger partial charge in [0.1, 0.15) is 10.7 Å². The lowest BCUT2D eigenvalue weighted by Crippen LogP contribution is -2.14. The molecular formula is C13H11N5O2S. The molecule has 0 saturated carbocycles. The van der Waals surface area contributed by atoms with Gasteiger partial charge in [-0.25, -0.2) is 15.1 Å². The van der Waals surface area contributed by atoms with E-state index in [9.17, 15) is 4.79 Å². The molecule has 0 radical (unpaired) electrons. The molecule has 0 spiro atoms. The molecule has 3 aromatic rings. The lowest BCUT2D eigenvalue weighted by Gasteiger charge is -1.93. The third kappa shape index (κ3) is 3.12. The van der Waals surface area contributed by atoms with E-state index in [1.165, 1.54) is 17.6 Å². The molecule has 1 aromatic carbocycles. The number of nitrogens with one attached hydrogen (secondary N) is 1. The average molecular weight is 301 g/mol. The van der Waals surface area contributed by atoms with E-state index in [1.54, 1.807) is 22.2 Å². The van der Waals surface area contributed by atoms with Crippen LogP contribution in [0.3, 0.4) is 0 Å². The minimum atomic E-state index is -0.615. The van der Waals surface area contributed by atoms with Gasteiger partial charge in [0.15, 0.2) is 0 Å². The summed E-state index contributed by atoms with van der Waals surface area (Å²) in [6.45, 7) is 0.520. The lowest BCUT2D eigenvalue weighted by atomic mass is 10.3. The van der Waals surface area contributed by atoms with Crippen LogP contribution < -0.4 is 5.48 Å². The molecule has 0 aliphatic rings. The van der Waals surface area contributed by atoms with Crippen LogP contribution in [0.5, 0.6) is 0 Å². The molecule has 0 unspecified atom stereocenters. The summed E-state index contributed by atoms with van der Waals surface area (Å²) in [4.78, 5) is 15.4. The Kier molecular flexibility index (Phi) is 3.71. The van der Waals surface area contributed by atoms with Gasteiger partial charge in [-0.1, -0.05) is 17.3 Å². The van der Waals surface area contributed by atoms with Crippen molar-refractivity contribution in [2.45, 2.75) is 6.54 Å². The van der Waals surface area contributed by atoms with Crippen LogP contribution in [0.2, 0.25) is 0 Å². The summed E-state index contributed by atoms with van der Waals surface area (Å²) in [5, 5.41) is 17.2. The molecular weight excluding hydrogens is 290 g/mol. The number of carbonyl (C=O) groups excluding carboxylic acids is 1. The van der Waals surface area contributed by atoms with Crippen molar-refractivity contribution in [3.05, 3.63) is 47.2 Å². The highest BCUT2D eigenvalue weighted by atomic mass is 32.1. The molecule has 3 rings (SSSR count). The van der Waals surface area contributed by atoms with Gasteiger partial charge in [0.25, 0.3) is 5.91 Å². The van der Waals surface area contributed by atoms with Crippen molar-refractivity contribution in [2.24, 2.45) is 0 Å². The Hall–Kier alpha value is -2.58. The summed E-state index contributed by atoms with van der Waals surface area (Å²) in [6.07, 6.45) is 4.34. The maximum Gasteiger partial charge on any atom is 0.267 e. The Morgan fingerprint density at radius 3 is 3.10 bits per heavy atom. The number of rotatable bonds is 4. The van der Waals surface area contributed by atoms with Crippen LogP contribution in [0.25, 0.3) is 16.3 Å². The largest absolute Gasteiger partial charge is 0.288 e. The zero-order valence-electron chi connectivity index (χ0n) is 10.8. The van der Waals surface area contributed by atoms with Crippen molar-refractivity contribution in [1.82, 2.24) is 25.5 Å². The zero-order chi connectivity index (χ0) is 14.7. The van der Waals surface area contributed by atoms with Gasteiger partial charge in [0.2, 0.25) is 0 Å². The number of thiazole rings is 1. The van der Waals surface area contributed by atoms with Crippen LogP contribution in [0, 0.1) is 0 Å². The van der Waals surface area contributed by atoms with Crippen molar-refractivity contribution < 1.29 is 10.0 Å². The number of carbonyl (C=O) groups is 1. The lowest BCUT2D eigenvalue weighted by molar-refractivity contribution is -0.124. The Morgan fingerprint density at radius 2 is 2.29 bits per heavy atom. The van der Waals surface area contributed by atoms with Crippen LogP contribution in [0.1, 0.15) is 10.7 Å². The standard InChI is InChI=1S/C13H11N5O2S/c19-12(16-20)6-5-9-7-18(17-15-9)8-13-14-10-3-1-2-4-11(10)21-13/h1-7,20H,8H2,(H,16,19). The average Bonchev–Trinajstić information content (AvgIpc) is 3.10. The van der Waals surface area contributed by atoms with Gasteiger partial charge in [-0.05, 0) is 18.2 Å². The molecule has 0 fully saturated rings. The zero-order valence-corrected chi connectivity index (χ0v) is 11.6. The van der Waals surface area contributed by atoms with E-state index in [4.69, 9.17) is 5.21 Å². The second kappa shape index (κ2) is 5.81. The summed E-state index contributed by atoms with van der Waals surface area (Å²) in [7, 11) is 0.